The largest absolute Gasteiger partial charge is 0.481 e. The third-order valence-corrected chi connectivity index (χ3v) is 4.07. The van der Waals surface area contributed by atoms with Crippen LogP contribution < -0.4 is 5.32 Å². The third-order valence-electron chi connectivity index (χ3n) is 4.07. The van der Waals surface area contributed by atoms with Crippen molar-refractivity contribution >= 4 is 17.6 Å². The van der Waals surface area contributed by atoms with Crippen molar-refractivity contribution < 1.29 is 24.0 Å². The summed E-state index contributed by atoms with van der Waals surface area (Å²) in [6.07, 6.45) is -0.407. The topological polar surface area (TPSA) is 123 Å². The van der Waals surface area contributed by atoms with Crippen molar-refractivity contribution in [1.29, 1.82) is 0 Å². The lowest BCUT2D eigenvalue weighted by Crippen LogP contribution is -2.30. The van der Waals surface area contributed by atoms with E-state index in [0.717, 1.165) is 0 Å². The summed E-state index contributed by atoms with van der Waals surface area (Å²) in [6.45, 7) is 7.50. The SMILES string of the molecule is Cc1oc(C(C)(C)C)cc1C(=O)NC(CC(=O)O)c1cccc([N+](=O)[O-])c1. The van der Waals surface area contributed by atoms with Gasteiger partial charge in [-0.05, 0) is 18.6 Å². The summed E-state index contributed by atoms with van der Waals surface area (Å²) < 4.78 is 5.65. The number of hydrogen-bond acceptors (Lipinski definition) is 5. The molecule has 1 amide bonds. The molecule has 0 saturated heterocycles. The zero-order valence-corrected chi connectivity index (χ0v) is 15.6. The molecule has 1 heterocycles. The monoisotopic (exact) mass is 374 g/mol. The maximum absolute atomic E-state index is 12.7. The predicted molar refractivity (Wildman–Crippen MR) is 97.7 cm³/mol. The Kier molecular flexibility index (Phi) is 5.68. The number of carboxylic acid groups (broad SMARTS) is 1. The molecule has 0 bridgehead atoms. The molecule has 1 atom stereocenters. The first-order valence-electron chi connectivity index (χ1n) is 8.37. The summed E-state index contributed by atoms with van der Waals surface area (Å²) in [5, 5.41) is 22.8. The highest BCUT2D eigenvalue weighted by Crippen LogP contribution is 2.28. The van der Waals surface area contributed by atoms with Crippen LogP contribution in [0.3, 0.4) is 0 Å². The number of non-ortho nitro benzene ring substituents is 1. The standard InChI is InChI=1S/C19H22N2O6/c1-11-14(9-16(27-11)19(2,3)4)18(24)20-15(10-17(22)23)12-6-5-7-13(8-12)21(25)26/h5-9,15H,10H2,1-4H3,(H,20,24)(H,22,23). The van der Waals surface area contributed by atoms with E-state index in [1.807, 2.05) is 20.8 Å². The number of hydrogen-bond donors (Lipinski definition) is 2. The van der Waals surface area contributed by atoms with Gasteiger partial charge in [-0.25, -0.2) is 0 Å². The van der Waals surface area contributed by atoms with E-state index in [2.05, 4.69) is 5.32 Å². The number of carbonyl (C=O) groups is 2. The highest BCUT2D eigenvalue weighted by atomic mass is 16.6. The number of aryl methyl sites for hydroxylation is 1. The lowest BCUT2D eigenvalue weighted by Gasteiger charge is -2.17. The van der Waals surface area contributed by atoms with Gasteiger partial charge in [0.1, 0.15) is 11.5 Å². The van der Waals surface area contributed by atoms with Crippen molar-refractivity contribution in [3.8, 4) is 0 Å². The first-order valence-corrected chi connectivity index (χ1v) is 8.37. The second kappa shape index (κ2) is 7.61. The van der Waals surface area contributed by atoms with Gasteiger partial charge >= 0.3 is 5.97 Å². The van der Waals surface area contributed by atoms with E-state index >= 15 is 0 Å². The van der Waals surface area contributed by atoms with E-state index in [4.69, 9.17) is 9.52 Å². The Morgan fingerprint density at radius 1 is 1.30 bits per heavy atom. The van der Waals surface area contributed by atoms with Crippen molar-refractivity contribution in [2.45, 2.75) is 45.6 Å². The molecule has 0 spiro atoms. The van der Waals surface area contributed by atoms with E-state index in [0.29, 0.717) is 22.6 Å². The number of nitrogens with zero attached hydrogens (tertiary/aromatic N) is 1. The summed E-state index contributed by atoms with van der Waals surface area (Å²) in [5.41, 5.74) is 0.189. The Hall–Kier alpha value is -3.16. The lowest BCUT2D eigenvalue weighted by atomic mass is 9.93. The molecule has 8 nitrogen and oxygen atoms in total. The normalized spacial score (nSPS) is 12.4. The minimum absolute atomic E-state index is 0.174. The molecule has 2 rings (SSSR count). The van der Waals surface area contributed by atoms with Crippen LogP contribution in [0.5, 0.6) is 0 Å². The molecule has 1 aromatic heterocycles. The van der Waals surface area contributed by atoms with Gasteiger partial charge < -0.3 is 14.8 Å². The van der Waals surface area contributed by atoms with Crippen LogP contribution in [0.15, 0.2) is 34.7 Å². The second-order valence-electron chi connectivity index (χ2n) is 7.31. The van der Waals surface area contributed by atoms with Crippen LogP contribution in [-0.2, 0) is 10.2 Å². The van der Waals surface area contributed by atoms with Crippen molar-refractivity contribution in [3.05, 3.63) is 63.1 Å². The molecule has 144 valence electrons. The van der Waals surface area contributed by atoms with Gasteiger partial charge in [0.25, 0.3) is 11.6 Å². The number of furan rings is 1. The molecule has 2 N–H and O–H groups in total. The molecule has 0 saturated carbocycles. The predicted octanol–water partition coefficient (Wildman–Crippen LogP) is 3.74. The summed E-state index contributed by atoms with van der Waals surface area (Å²) in [5.74, 6) is -0.573. The van der Waals surface area contributed by atoms with Crippen LogP contribution in [0.25, 0.3) is 0 Å². The summed E-state index contributed by atoms with van der Waals surface area (Å²) in [7, 11) is 0. The number of amides is 1. The molecule has 0 aliphatic rings. The van der Waals surface area contributed by atoms with Crippen LogP contribution in [-0.4, -0.2) is 21.9 Å². The number of carboxylic acids is 1. The fraction of sp³-hybridized carbons (Fsp3) is 0.368. The maximum Gasteiger partial charge on any atom is 0.305 e. The summed E-state index contributed by atoms with van der Waals surface area (Å²) >= 11 is 0. The van der Waals surface area contributed by atoms with Gasteiger partial charge in [-0.1, -0.05) is 32.9 Å². The van der Waals surface area contributed by atoms with E-state index < -0.39 is 29.3 Å². The van der Waals surface area contributed by atoms with Crippen molar-refractivity contribution in [3.63, 3.8) is 0 Å². The van der Waals surface area contributed by atoms with Crippen LogP contribution in [0.4, 0.5) is 5.69 Å². The molecule has 0 fully saturated rings. The number of aliphatic carboxylic acids is 1. The lowest BCUT2D eigenvalue weighted by molar-refractivity contribution is -0.384. The van der Waals surface area contributed by atoms with E-state index in [-0.39, 0.29) is 11.1 Å². The fourth-order valence-electron chi connectivity index (χ4n) is 2.60. The molecule has 1 unspecified atom stereocenters. The Balaban J connectivity index is 2.33. The Labute approximate surface area is 156 Å². The Morgan fingerprint density at radius 2 is 1.96 bits per heavy atom. The second-order valence-corrected chi connectivity index (χ2v) is 7.31. The minimum Gasteiger partial charge on any atom is -0.481 e. The minimum atomic E-state index is -1.13. The highest BCUT2D eigenvalue weighted by molar-refractivity contribution is 5.95. The molecule has 0 aliphatic carbocycles. The van der Waals surface area contributed by atoms with Gasteiger partial charge in [-0.2, -0.15) is 0 Å². The maximum atomic E-state index is 12.7. The third kappa shape index (κ3) is 4.93. The van der Waals surface area contributed by atoms with E-state index in [9.17, 15) is 19.7 Å². The first kappa shape index (κ1) is 20.2. The molecule has 1 aromatic carbocycles. The number of nitrogens with one attached hydrogen (secondary N) is 1. The Bertz CT molecular complexity index is 879. The van der Waals surface area contributed by atoms with Crippen molar-refractivity contribution in [2.24, 2.45) is 0 Å². The number of rotatable bonds is 6. The van der Waals surface area contributed by atoms with Crippen molar-refractivity contribution in [2.75, 3.05) is 0 Å². The molecular weight excluding hydrogens is 352 g/mol. The summed E-state index contributed by atoms with van der Waals surface area (Å²) in [4.78, 5) is 34.3. The Morgan fingerprint density at radius 3 is 2.48 bits per heavy atom. The average molecular weight is 374 g/mol. The van der Waals surface area contributed by atoms with Gasteiger partial charge in [0, 0.05) is 17.5 Å². The van der Waals surface area contributed by atoms with Crippen LogP contribution in [0.2, 0.25) is 0 Å². The van der Waals surface area contributed by atoms with E-state index in [1.54, 1.807) is 19.1 Å². The number of nitro groups is 1. The molecule has 0 aliphatic heterocycles. The van der Waals surface area contributed by atoms with E-state index in [1.165, 1.54) is 18.2 Å². The van der Waals surface area contributed by atoms with Gasteiger partial charge in [0.15, 0.2) is 0 Å². The van der Waals surface area contributed by atoms with Crippen molar-refractivity contribution in [1.82, 2.24) is 5.32 Å². The van der Waals surface area contributed by atoms with Crippen LogP contribution in [0, 0.1) is 17.0 Å². The number of carbonyl (C=O) groups excluding carboxylic acids is 1. The average Bonchev–Trinajstić information content (AvgIpc) is 2.96. The van der Waals surface area contributed by atoms with Gasteiger partial charge in [-0.15, -0.1) is 0 Å². The molecular formula is C19H22N2O6. The molecule has 27 heavy (non-hydrogen) atoms. The fourth-order valence-corrected chi connectivity index (χ4v) is 2.60. The zero-order chi connectivity index (χ0) is 20.4. The quantitative estimate of drug-likeness (QED) is 0.586. The van der Waals surface area contributed by atoms with Gasteiger partial charge in [0.05, 0.1) is 22.9 Å². The highest BCUT2D eigenvalue weighted by Gasteiger charge is 2.26. The zero-order valence-electron chi connectivity index (χ0n) is 15.6. The molecule has 0 radical (unpaired) electrons. The van der Waals surface area contributed by atoms with Crippen LogP contribution in [0.1, 0.15) is 60.7 Å². The smallest absolute Gasteiger partial charge is 0.305 e. The first-order chi connectivity index (χ1) is 12.5. The number of benzene rings is 1. The van der Waals surface area contributed by atoms with Gasteiger partial charge in [0.2, 0.25) is 0 Å². The molecule has 8 heteroatoms. The number of nitro benzene ring substituents is 1. The molecule has 2 aromatic rings. The summed E-state index contributed by atoms with van der Waals surface area (Å²) in [6, 6.07) is 6.28. The van der Waals surface area contributed by atoms with Gasteiger partial charge in [-0.3, -0.25) is 19.7 Å². The van der Waals surface area contributed by atoms with Crippen LogP contribution >= 0.6 is 0 Å².